The number of rotatable bonds is 3. The molecule has 2 aromatic rings. The molecule has 1 aliphatic carbocycles. The van der Waals surface area contributed by atoms with Crippen LogP contribution in [0.2, 0.25) is 0 Å². The van der Waals surface area contributed by atoms with E-state index in [-0.39, 0.29) is 11.9 Å². The fraction of sp³-hybridized carbons (Fsp3) is 0.500. The zero-order chi connectivity index (χ0) is 13.4. The maximum absolute atomic E-state index is 13.7. The van der Waals surface area contributed by atoms with Gasteiger partial charge in [0.05, 0.1) is 6.04 Å². The van der Waals surface area contributed by atoms with Gasteiger partial charge in [-0.3, -0.25) is 0 Å². The van der Waals surface area contributed by atoms with Gasteiger partial charge in [0.25, 0.3) is 0 Å². The minimum absolute atomic E-state index is 0.185. The van der Waals surface area contributed by atoms with Crippen LogP contribution in [0.3, 0.4) is 0 Å². The van der Waals surface area contributed by atoms with E-state index in [4.69, 9.17) is 4.42 Å². The van der Waals surface area contributed by atoms with Gasteiger partial charge in [-0.05, 0) is 37.4 Å². The highest BCUT2D eigenvalue weighted by Gasteiger charge is 2.33. The summed E-state index contributed by atoms with van der Waals surface area (Å²) in [6, 6.07) is 7.23. The van der Waals surface area contributed by atoms with Crippen molar-refractivity contribution >= 4 is 11.0 Å². The first-order valence-electron chi connectivity index (χ1n) is 7.06. The van der Waals surface area contributed by atoms with Crippen molar-refractivity contribution in [3.05, 3.63) is 35.8 Å². The summed E-state index contributed by atoms with van der Waals surface area (Å²) >= 11 is 0. The third kappa shape index (κ3) is 2.16. The van der Waals surface area contributed by atoms with E-state index in [1.54, 1.807) is 6.07 Å². The third-order valence-electron chi connectivity index (χ3n) is 4.49. The minimum Gasteiger partial charge on any atom is -0.456 e. The lowest BCUT2D eigenvalue weighted by Gasteiger charge is -2.24. The first-order valence-corrected chi connectivity index (χ1v) is 7.06. The smallest absolute Gasteiger partial charge is 0.169 e. The van der Waals surface area contributed by atoms with Crippen molar-refractivity contribution in [2.45, 2.75) is 32.2 Å². The molecule has 3 rings (SSSR count). The molecule has 1 saturated carbocycles. The van der Waals surface area contributed by atoms with Crippen molar-refractivity contribution in [2.24, 2.45) is 11.8 Å². The van der Waals surface area contributed by atoms with E-state index in [2.05, 4.69) is 12.2 Å². The number of halogens is 1. The highest BCUT2D eigenvalue weighted by Crippen LogP contribution is 2.41. The first kappa shape index (κ1) is 12.7. The predicted molar refractivity (Wildman–Crippen MR) is 74.5 cm³/mol. The molecular weight excluding hydrogens is 241 g/mol. The summed E-state index contributed by atoms with van der Waals surface area (Å²) in [7, 11) is 1.96. The van der Waals surface area contributed by atoms with Crippen molar-refractivity contribution in [1.82, 2.24) is 5.32 Å². The van der Waals surface area contributed by atoms with Gasteiger partial charge in [-0.1, -0.05) is 31.9 Å². The maximum Gasteiger partial charge on any atom is 0.169 e. The summed E-state index contributed by atoms with van der Waals surface area (Å²) in [4.78, 5) is 0. The van der Waals surface area contributed by atoms with E-state index >= 15 is 0 Å². The highest BCUT2D eigenvalue weighted by molar-refractivity contribution is 5.78. The summed E-state index contributed by atoms with van der Waals surface area (Å²) in [5, 5.41) is 4.20. The average molecular weight is 261 g/mol. The quantitative estimate of drug-likeness (QED) is 0.892. The van der Waals surface area contributed by atoms with Crippen molar-refractivity contribution in [3.8, 4) is 0 Å². The van der Waals surface area contributed by atoms with Crippen LogP contribution in [0, 0.1) is 17.7 Å². The maximum atomic E-state index is 13.7. The van der Waals surface area contributed by atoms with Gasteiger partial charge >= 0.3 is 0 Å². The van der Waals surface area contributed by atoms with Crippen molar-refractivity contribution in [3.63, 3.8) is 0 Å². The van der Waals surface area contributed by atoms with Crippen molar-refractivity contribution < 1.29 is 8.81 Å². The summed E-state index contributed by atoms with van der Waals surface area (Å²) in [6.45, 7) is 2.30. The monoisotopic (exact) mass is 261 g/mol. The Balaban J connectivity index is 1.99. The van der Waals surface area contributed by atoms with Crippen LogP contribution in [-0.4, -0.2) is 7.05 Å². The molecule has 1 aromatic heterocycles. The van der Waals surface area contributed by atoms with Gasteiger partial charge in [-0.2, -0.15) is 0 Å². The number of hydrogen-bond acceptors (Lipinski definition) is 2. The zero-order valence-electron chi connectivity index (χ0n) is 11.4. The van der Waals surface area contributed by atoms with Gasteiger partial charge in [0, 0.05) is 5.39 Å². The highest BCUT2D eigenvalue weighted by atomic mass is 19.1. The van der Waals surface area contributed by atoms with E-state index in [0.29, 0.717) is 17.4 Å². The lowest BCUT2D eigenvalue weighted by molar-refractivity contribution is 0.281. The topological polar surface area (TPSA) is 25.2 Å². The molecule has 0 amide bonds. The van der Waals surface area contributed by atoms with E-state index in [1.807, 2.05) is 19.2 Å². The Labute approximate surface area is 113 Å². The standard InChI is InChI=1S/C16H20FNO/c1-10-5-3-7-12(10)15(18-2)14-9-11-6-4-8-13(17)16(11)19-14/h4,6,8-10,12,15,18H,3,5,7H2,1-2H3. The molecule has 0 saturated heterocycles. The molecule has 0 spiro atoms. The summed E-state index contributed by atoms with van der Waals surface area (Å²) in [5.74, 6) is 1.85. The van der Waals surface area contributed by atoms with Crippen LogP contribution in [0.5, 0.6) is 0 Å². The Morgan fingerprint density at radius 1 is 1.37 bits per heavy atom. The van der Waals surface area contributed by atoms with Crippen LogP contribution in [0.1, 0.15) is 38.0 Å². The van der Waals surface area contributed by atoms with Crippen molar-refractivity contribution in [1.29, 1.82) is 0 Å². The molecule has 1 fully saturated rings. The lowest BCUT2D eigenvalue weighted by Crippen LogP contribution is -2.26. The SMILES string of the molecule is CNC(c1cc2cccc(F)c2o1)C1CCCC1C. The fourth-order valence-corrected chi connectivity index (χ4v) is 3.44. The zero-order valence-corrected chi connectivity index (χ0v) is 11.4. The Bertz CT molecular complexity index is 577. The second kappa shape index (κ2) is 4.97. The number of furan rings is 1. The first-order chi connectivity index (χ1) is 9.20. The number of fused-ring (bicyclic) bond motifs is 1. The molecule has 3 atom stereocenters. The molecule has 2 nitrogen and oxygen atoms in total. The molecule has 1 N–H and O–H groups in total. The minimum atomic E-state index is -0.280. The fourth-order valence-electron chi connectivity index (χ4n) is 3.44. The van der Waals surface area contributed by atoms with Crippen LogP contribution in [0.15, 0.2) is 28.7 Å². The normalized spacial score (nSPS) is 25.0. The van der Waals surface area contributed by atoms with Crippen LogP contribution in [0.25, 0.3) is 11.0 Å². The van der Waals surface area contributed by atoms with Gasteiger partial charge in [0.2, 0.25) is 0 Å². The number of nitrogens with one attached hydrogen (secondary N) is 1. The molecule has 3 unspecified atom stereocenters. The molecule has 0 bridgehead atoms. The van der Waals surface area contributed by atoms with Crippen LogP contribution >= 0.6 is 0 Å². The second-order valence-electron chi connectivity index (χ2n) is 5.65. The Morgan fingerprint density at radius 3 is 2.84 bits per heavy atom. The van der Waals surface area contributed by atoms with Crippen molar-refractivity contribution in [2.75, 3.05) is 7.05 Å². The number of hydrogen-bond donors (Lipinski definition) is 1. The Kier molecular flexibility index (Phi) is 3.31. The summed E-state index contributed by atoms with van der Waals surface area (Å²) in [5.41, 5.74) is 0.378. The summed E-state index contributed by atoms with van der Waals surface area (Å²) in [6.07, 6.45) is 3.77. The predicted octanol–water partition coefficient (Wildman–Crippen LogP) is 4.27. The number of benzene rings is 1. The van der Waals surface area contributed by atoms with E-state index in [0.717, 1.165) is 11.1 Å². The molecule has 1 heterocycles. The Morgan fingerprint density at radius 2 is 2.21 bits per heavy atom. The van der Waals surface area contributed by atoms with Gasteiger partial charge in [-0.25, -0.2) is 4.39 Å². The van der Waals surface area contributed by atoms with Gasteiger partial charge < -0.3 is 9.73 Å². The summed E-state index contributed by atoms with van der Waals surface area (Å²) < 4.78 is 19.5. The lowest BCUT2D eigenvalue weighted by atomic mass is 9.89. The molecule has 0 radical (unpaired) electrons. The largest absolute Gasteiger partial charge is 0.456 e. The van der Waals surface area contributed by atoms with E-state index < -0.39 is 0 Å². The molecule has 19 heavy (non-hydrogen) atoms. The molecule has 0 aliphatic heterocycles. The van der Waals surface area contributed by atoms with Gasteiger partial charge in [0.15, 0.2) is 11.4 Å². The Hall–Kier alpha value is -1.35. The van der Waals surface area contributed by atoms with Crippen LogP contribution in [0.4, 0.5) is 4.39 Å². The van der Waals surface area contributed by atoms with Gasteiger partial charge in [-0.15, -0.1) is 0 Å². The van der Waals surface area contributed by atoms with Crippen LogP contribution in [-0.2, 0) is 0 Å². The number of para-hydroxylation sites is 1. The van der Waals surface area contributed by atoms with E-state index in [9.17, 15) is 4.39 Å². The molecule has 102 valence electrons. The molecule has 1 aliphatic rings. The van der Waals surface area contributed by atoms with Crippen LogP contribution < -0.4 is 5.32 Å². The molecule has 3 heteroatoms. The average Bonchev–Trinajstić information content (AvgIpc) is 2.99. The second-order valence-corrected chi connectivity index (χ2v) is 5.65. The third-order valence-corrected chi connectivity index (χ3v) is 4.49. The molecule has 1 aromatic carbocycles. The van der Waals surface area contributed by atoms with E-state index in [1.165, 1.54) is 25.3 Å². The molecular formula is C16H20FNO. The van der Waals surface area contributed by atoms with Gasteiger partial charge in [0.1, 0.15) is 5.76 Å².